The molecule has 0 atom stereocenters. The first kappa shape index (κ1) is 20.3. The highest BCUT2D eigenvalue weighted by molar-refractivity contribution is 14.0. The van der Waals surface area contributed by atoms with Crippen molar-refractivity contribution >= 4 is 35.6 Å². The van der Waals surface area contributed by atoms with E-state index >= 15 is 0 Å². The molecule has 0 amide bonds. The molecule has 4 nitrogen and oxygen atoms in total. The number of nitrogens with one attached hydrogen (secondary N) is 1. The predicted octanol–water partition coefficient (Wildman–Crippen LogP) is 3.85. The fourth-order valence-electron chi connectivity index (χ4n) is 3.02. The minimum Gasteiger partial charge on any atom is -0.370 e. The largest absolute Gasteiger partial charge is 0.370 e. The molecule has 0 spiro atoms. The molecule has 2 aromatic carbocycles. The number of hydrogen-bond donors (Lipinski definition) is 2. The molecule has 0 bridgehead atoms. The van der Waals surface area contributed by atoms with E-state index in [9.17, 15) is 0 Å². The van der Waals surface area contributed by atoms with E-state index in [1.807, 2.05) is 6.92 Å². The van der Waals surface area contributed by atoms with Crippen molar-refractivity contribution in [2.45, 2.75) is 26.4 Å². The number of hydrogen-bond acceptors (Lipinski definition) is 2. The van der Waals surface area contributed by atoms with Crippen LogP contribution >= 0.6 is 24.0 Å². The van der Waals surface area contributed by atoms with Crippen molar-refractivity contribution in [3.63, 3.8) is 0 Å². The third-order valence-electron chi connectivity index (χ3n) is 4.38. The fraction of sp³-hybridized carbons (Fsp3) is 0.286. The normalized spacial score (nSPS) is 13.1. The molecule has 3 rings (SSSR count). The lowest BCUT2D eigenvalue weighted by molar-refractivity contribution is 0.835. The highest BCUT2D eigenvalue weighted by atomic mass is 127. The van der Waals surface area contributed by atoms with Gasteiger partial charge in [0.1, 0.15) is 0 Å². The average molecular weight is 462 g/mol. The summed E-state index contributed by atoms with van der Waals surface area (Å²) in [5.41, 5.74) is 12.2. The Morgan fingerprint density at radius 3 is 2.58 bits per heavy atom. The van der Waals surface area contributed by atoms with Crippen LogP contribution in [0.15, 0.2) is 65.7 Å². The average Bonchev–Trinajstić information content (AvgIpc) is 3.02. The van der Waals surface area contributed by atoms with Crippen LogP contribution in [0.1, 0.15) is 23.6 Å². The van der Waals surface area contributed by atoms with Crippen LogP contribution in [-0.4, -0.2) is 19.0 Å². The van der Waals surface area contributed by atoms with E-state index in [1.165, 1.54) is 16.8 Å². The van der Waals surface area contributed by atoms with Crippen molar-refractivity contribution in [3.8, 4) is 0 Å². The van der Waals surface area contributed by atoms with E-state index in [1.54, 1.807) is 0 Å². The molecule has 0 saturated heterocycles. The summed E-state index contributed by atoms with van der Waals surface area (Å²) in [7, 11) is 0. The zero-order valence-electron chi connectivity index (χ0n) is 15.2. The molecule has 5 heteroatoms. The van der Waals surface area contributed by atoms with Crippen molar-refractivity contribution in [1.82, 2.24) is 5.32 Å². The first-order valence-electron chi connectivity index (χ1n) is 8.70. The van der Waals surface area contributed by atoms with Crippen LogP contribution in [0.4, 0.5) is 5.69 Å². The van der Waals surface area contributed by atoms with Crippen LogP contribution in [0.3, 0.4) is 0 Å². The Labute approximate surface area is 173 Å². The summed E-state index contributed by atoms with van der Waals surface area (Å²) >= 11 is 0. The van der Waals surface area contributed by atoms with Gasteiger partial charge >= 0.3 is 0 Å². The van der Waals surface area contributed by atoms with Crippen molar-refractivity contribution in [3.05, 3.63) is 77.4 Å². The van der Waals surface area contributed by atoms with Gasteiger partial charge in [-0.25, -0.2) is 4.99 Å². The van der Waals surface area contributed by atoms with Crippen LogP contribution in [0, 0.1) is 0 Å². The molecule has 0 radical (unpaired) electrons. The quantitative estimate of drug-likeness (QED) is 0.297. The zero-order chi connectivity index (χ0) is 17.6. The van der Waals surface area contributed by atoms with Crippen molar-refractivity contribution in [2.24, 2.45) is 10.7 Å². The van der Waals surface area contributed by atoms with E-state index < -0.39 is 0 Å². The van der Waals surface area contributed by atoms with Gasteiger partial charge in [0.2, 0.25) is 0 Å². The lowest BCUT2D eigenvalue weighted by Gasteiger charge is -2.19. The molecule has 0 unspecified atom stereocenters. The minimum atomic E-state index is 0. The Morgan fingerprint density at radius 1 is 1.15 bits per heavy atom. The number of para-hydroxylation sites is 1. The minimum absolute atomic E-state index is 0. The highest BCUT2D eigenvalue weighted by Crippen LogP contribution is 2.28. The fourth-order valence-corrected chi connectivity index (χ4v) is 3.02. The Balaban J connectivity index is 0.00000243. The number of fused-ring (bicyclic) bond motifs is 1. The smallest absolute Gasteiger partial charge is 0.189 e. The van der Waals surface area contributed by atoms with E-state index in [0.29, 0.717) is 19.0 Å². The maximum atomic E-state index is 5.84. The topological polar surface area (TPSA) is 53.6 Å². The first-order valence-corrected chi connectivity index (χ1v) is 8.70. The Kier molecular flexibility index (Phi) is 7.50. The molecule has 0 saturated carbocycles. The molecule has 138 valence electrons. The van der Waals surface area contributed by atoms with Crippen LogP contribution in [0.5, 0.6) is 0 Å². The Bertz CT molecular complexity index is 768. The molecule has 1 aliphatic heterocycles. The SMILES string of the molecule is C=C(C)CNC(N)=NCc1ccc(CN2CCc3ccccc32)cc1.I. The number of aliphatic imine (C=N–C) groups is 1. The molecule has 26 heavy (non-hydrogen) atoms. The first-order chi connectivity index (χ1) is 12.1. The second-order valence-electron chi connectivity index (χ2n) is 6.63. The maximum Gasteiger partial charge on any atom is 0.189 e. The third kappa shape index (κ3) is 5.49. The van der Waals surface area contributed by atoms with Gasteiger partial charge in [0.25, 0.3) is 0 Å². The summed E-state index contributed by atoms with van der Waals surface area (Å²) in [5, 5.41) is 3.04. The van der Waals surface area contributed by atoms with E-state index in [-0.39, 0.29) is 24.0 Å². The summed E-state index contributed by atoms with van der Waals surface area (Å²) in [6.45, 7) is 9.07. The van der Waals surface area contributed by atoms with Crippen LogP contribution in [0.25, 0.3) is 0 Å². The summed E-state index contributed by atoms with van der Waals surface area (Å²) < 4.78 is 0. The van der Waals surface area contributed by atoms with Gasteiger partial charge < -0.3 is 16.0 Å². The van der Waals surface area contributed by atoms with Crippen LogP contribution < -0.4 is 16.0 Å². The molecule has 0 fully saturated rings. The number of nitrogens with two attached hydrogens (primary N) is 1. The van der Waals surface area contributed by atoms with Gasteiger partial charge in [0, 0.05) is 25.3 Å². The van der Waals surface area contributed by atoms with E-state index in [4.69, 9.17) is 5.73 Å². The molecule has 0 aromatic heterocycles. The van der Waals surface area contributed by atoms with Crippen molar-refractivity contribution in [2.75, 3.05) is 18.0 Å². The van der Waals surface area contributed by atoms with Gasteiger partial charge in [-0.15, -0.1) is 24.0 Å². The van der Waals surface area contributed by atoms with Crippen molar-refractivity contribution < 1.29 is 0 Å². The molecular formula is C21H27IN4. The molecule has 2 aromatic rings. The standard InChI is InChI=1S/C21H26N4.HI/c1-16(2)13-23-21(22)24-14-17-7-9-18(10-8-17)15-25-12-11-19-5-3-4-6-20(19)25;/h3-10H,1,11-15H2,2H3,(H3,22,23,24);1H. The summed E-state index contributed by atoms with van der Waals surface area (Å²) in [5.74, 6) is 0.459. The van der Waals surface area contributed by atoms with E-state index in [0.717, 1.165) is 30.6 Å². The van der Waals surface area contributed by atoms with Crippen LogP contribution in [-0.2, 0) is 19.5 Å². The van der Waals surface area contributed by atoms with Gasteiger partial charge in [0.15, 0.2) is 5.96 Å². The third-order valence-corrected chi connectivity index (χ3v) is 4.38. The van der Waals surface area contributed by atoms with Gasteiger partial charge in [0.05, 0.1) is 6.54 Å². The molecule has 1 heterocycles. The van der Waals surface area contributed by atoms with Gasteiger partial charge in [-0.3, -0.25) is 0 Å². The highest BCUT2D eigenvalue weighted by Gasteiger charge is 2.17. The lowest BCUT2D eigenvalue weighted by Crippen LogP contribution is -2.32. The van der Waals surface area contributed by atoms with Gasteiger partial charge in [-0.2, -0.15) is 0 Å². The molecule has 0 aliphatic carbocycles. The predicted molar refractivity (Wildman–Crippen MR) is 121 cm³/mol. The summed E-state index contributed by atoms with van der Waals surface area (Å²) in [6.07, 6.45) is 1.14. The Morgan fingerprint density at radius 2 is 1.85 bits per heavy atom. The molecular weight excluding hydrogens is 435 g/mol. The van der Waals surface area contributed by atoms with Gasteiger partial charge in [-0.1, -0.05) is 54.6 Å². The number of anilines is 1. The van der Waals surface area contributed by atoms with Crippen LogP contribution in [0.2, 0.25) is 0 Å². The summed E-state index contributed by atoms with van der Waals surface area (Å²) in [6, 6.07) is 17.3. The second kappa shape index (κ2) is 9.62. The van der Waals surface area contributed by atoms with Crippen molar-refractivity contribution in [1.29, 1.82) is 0 Å². The number of rotatable bonds is 6. The monoisotopic (exact) mass is 462 g/mol. The molecule has 1 aliphatic rings. The zero-order valence-corrected chi connectivity index (χ0v) is 17.6. The van der Waals surface area contributed by atoms with Gasteiger partial charge in [-0.05, 0) is 36.1 Å². The van der Waals surface area contributed by atoms with E-state index in [2.05, 4.69) is 70.3 Å². The summed E-state index contributed by atoms with van der Waals surface area (Å²) in [4.78, 5) is 6.81. The Hall–Kier alpha value is -2.02. The number of benzene rings is 2. The second-order valence-corrected chi connectivity index (χ2v) is 6.63. The number of guanidine groups is 1. The molecule has 3 N–H and O–H groups in total. The maximum absolute atomic E-state index is 5.84. The lowest BCUT2D eigenvalue weighted by atomic mass is 10.1. The number of halogens is 1. The number of nitrogens with zero attached hydrogens (tertiary/aromatic N) is 2.